The molecule has 1 aliphatic carbocycles. The molecule has 0 aliphatic heterocycles. The second-order valence-electron chi connectivity index (χ2n) is 5.62. The van der Waals surface area contributed by atoms with Gasteiger partial charge in [0.15, 0.2) is 5.75 Å². The van der Waals surface area contributed by atoms with Crippen LogP contribution in [0.5, 0.6) is 5.75 Å². The van der Waals surface area contributed by atoms with Gasteiger partial charge in [-0.3, -0.25) is 0 Å². The Morgan fingerprint density at radius 3 is 2.76 bits per heavy atom. The molecular formula is C16H18N2O3. The normalized spacial score (nSPS) is 22.1. The van der Waals surface area contributed by atoms with Gasteiger partial charge in [-0.15, -0.1) is 10.2 Å². The zero-order valence-electron chi connectivity index (χ0n) is 12.0. The fourth-order valence-electron chi connectivity index (χ4n) is 2.90. The van der Waals surface area contributed by atoms with Gasteiger partial charge in [0.25, 0.3) is 0 Å². The largest absolute Gasteiger partial charge is 0.487 e. The molecule has 5 heteroatoms. The Bertz CT molecular complexity index is 672. The fraction of sp³-hybridized carbons (Fsp3) is 0.438. The van der Waals surface area contributed by atoms with E-state index in [4.69, 9.17) is 4.74 Å². The second-order valence-corrected chi connectivity index (χ2v) is 5.62. The second kappa shape index (κ2) is 5.68. The maximum Gasteiger partial charge on any atom is 0.360 e. The molecule has 1 fully saturated rings. The number of aromatic carboxylic acids is 1. The highest BCUT2D eigenvalue weighted by molar-refractivity contribution is 5.96. The van der Waals surface area contributed by atoms with E-state index in [1.165, 1.54) is 6.42 Å². The Morgan fingerprint density at radius 2 is 2.00 bits per heavy atom. The molecule has 1 aromatic heterocycles. The van der Waals surface area contributed by atoms with Crippen molar-refractivity contribution in [2.45, 2.75) is 38.7 Å². The van der Waals surface area contributed by atoms with Crippen molar-refractivity contribution in [3.8, 4) is 5.75 Å². The number of nitrogens with zero attached hydrogens (tertiary/aromatic N) is 2. The van der Waals surface area contributed by atoms with E-state index in [0.29, 0.717) is 22.6 Å². The topological polar surface area (TPSA) is 72.3 Å². The Balaban J connectivity index is 2.05. The Hall–Kier alpha value is -2.17. The van der Waals surface area contributed by atoms with Crippen molar-refractivity contribution in [2.24, 2.45) is 5.92 Å². The van der Waals surface area contributed by atoms with Crippen molar-refractivity contribution in [1.82, 2.24) is 10.2 Å². The van der Waals surface area contributed by atoms with Gasteiger partial charge < -0.3 is 9.84 Å². The van der Waals surface area contributed by atoms with E-state index in [9.17, 15) is 9.90 Å². The SMILES string of the molecule is CC1CCCCC1Oc1c(C(=O)O)nnc2ccccc12. The number of fused-ring (bicyclic) bond motifs is 1. The molecule has 1 aromatic carbocycles. The van der Waals surface area contributed by atoms with Crippen LogP contribution >= 0.6 is 0 Å². The summed E-state index contributed by atoms with van der Waals surface area (Å²) in [6, 6.07) is 7.35. The Morgan fingerprint density at radius 1 is 1.24 bits per heavy atom. The number of carboxylic acid groups (broad SMARTS) is 1. The summed E-state index contributed by atoms with van der Waals surface area (Å²) in [5.41, 5.74) is 0.549. The molecule has 2 unspecified atom stereocenters. The summed E-state index contributed by atoms with van der Waals surface area (Å²) in [4.78, 5) is 11.4. The van der Waals surface area contributed by atoms with Crippen LogP contribution in [0.25, 0.3) is 10.9 Å². The van der Waals surface area contributed by atoms with Gasteiger partial charge in [0, 0.05) is 5.39 Å². The van der Waals surface area contributed by atoms with Crippen molar-refractivity contribution in [1.29, 1.82) is 0 Å². The third kappa shape index (κ3) is 2.68. The molecule has 5 nitrogen and oxygen atoms in total. The summed E-state index contributed by atoms with van der Waals surface area (Å²) in [6.07, 6.45) is 4.45. The Labute approximate surface area is 123 Å². The van der Waals surface area contributed by atoms with Gasteiger partial charge >= 0.3 is 5.97 Å². The minimum absolute atomic E-state index is 0.0458. The number of carbonyl (C=O) groups is 1. The van der Waals surface area contributed by atoms with E-state index in [-0.39, 0.29) is 11.8 Å². The van der Waals surface area contributed by atoms with Crippen molar-refractivity contribution in [3.05, 3.63) is 30.0 Å². The van der Waals surface area contributed by atoms with Crippen molar-refractivity contribution >= 4 is 16.9 Å². The van der Waals surface area contributed by atoms with Crippen LogP contribution in [-0.2, 0) is 0 Å². The van der Waals surface area contributed by atoms with Crippen molar-refractivity contribution in [2.75, 3.05) is 0 Å². The number of carboxylic acids is 1. The van der Waals surface area contributed by atoms with Gasteiger partial charge in [-0.1, -0.05) is 25.5 Å². The average Bonchev–Trinajstić information content (AvgIpc) is 2.49. The smallest absolute Gasteiger partial charge is 0.360 e. The highest BCUT2D eigenvalue weighted by atomic mass is 16.5. The summed E-state index contributed by atoms with van der Waals surface area (Å²) >= 11 is 0. The Kier molecular flexibility index (Phi) is 3.73. The molecule has 0 bridgehead atoms. The number of benzene rings is 1. The molecule has 0 radical (unpaired) electrons. The number of hydrogen-bond acceptors (Lipinski definition) is 4. The van der Waals surface area contributed by atoms with Crippen LogP contribution in [0.1, 0.15) is 43.1 Å². The maximum absolute atomic E-state index is 11.4. The van der Waals surface area contributed by atoms with E-state index in [2.05, 4.69) is 17.1 Å². The summed E-state index contributed by atoms with van der Waals surface area (Å²) in [6.45, 7) is 2.15. The van der Waals surface area contributed by atoms with E-state index in [1.54, 1.807) is 0 Å². The number of ether oxygens (including phenoxy) is 1. The highest BCUT2D eigenvalue weighted by Crippen LogP contribution is 2.33. The standard InChI is InChI=1S/C16H18N2O3/c1-10-6-2-5-9-13(10)21-15-11-7-3-4-8-12(11)17-18-14(15)16(19)20/h3-4,7-8,10,13H,2,5-6,9H2,1H3,(H,19,20). The van der Waals surface area contributed by atoms with Crippen LogP contribution < -0.4 is 4.74 Å². The predicted octanol–water partition coefficient (Wildman–Crippen LogP) is 3.29. The minimum atomic E-state index is -1.10. The lowest BCUT2D eigenvalue weighted by Gasteiger charge is -2.29. The van der Waals surface area contributed by atoms with Crippen LogP contribution in [0.15, 0.2) is 24.3 Å². The number of rotatable bonds is 3. The van der Waals surface area contributed by atoms with Gasteiger partial charge in [0.1, 0.15) is 6.10 Å². The molecule has 2 atom stereocenters. The highest BCUT2D eigenvalue weighted by Gasteiger charge is 2.26. The summed E-state index contributed by atoms with van der Waals surface area (Å²) in [7, 11) is 0. The van der Waals surface area contributed by atoms with Gasteiger partial charge in [-0.25, -0.2) is 4.79 Å². The first-order valence-electron chi connectivity index (χ1n) is 7.32. The van der Waals surface area contributed by atoms with E-state index in [0.717, 1.165) is 19.3 Å². The van der Waals surface area contributed by atoms with Crippen molar-refractivity contribution in [3.63, 3.8) is 0 Å². The predicted molar refractivity (Wildman–Crippen MR) is 78.5 cm³/mol. The van der Waals surface area contributed by atoms with Crippen molar-refractivity contribution < 1.29 is 14.6 Å². The fourth-order valence-corrected chi connectivity index (χ4v) is 2.90. The summed E-state index contributed by atoms with van der Waals surface area (Å²) in [5.74, 6) is -0.328. The monoisotopic (exact) mass is 286 g/mol. The third-order valence-corrected chi connectivity index (χ3v) is 4.13. The van der Waals surface area contributed by atoms with Crippen LogP contribution in [0.4, 0.5) is 0 Å². The molecule has 1 aliphatic rings. The van der Waals surface area contributed by atoms with E-state index in [1.807, 2.05) is 24.3 Å². The molecule has 110 valence electrons. The first kappa shape index (κ1) is 13.8. The number of aromatic nitrogens is 2. The first-order valence-corrected chi connectivity index (χ1v) is 7.32. The quantitative estimate of drug-likeness (QED) is 0.937. The molecule has 0 spiro atoms. The van der Waals surface area contributed by atoms with E-state index >= 15 is 0 Å². The molecule has 3 rings (SSSR count). The maximum atomic E-state index is 11.4. The van der Waals surface area contributed by atoms with Gasteiger partial charge in [-0.05, 0) is 37.3 Å². The molecule has 21 heavy (non-hydrogen) atoms. The van der Waals surface area contributed by atoms with E-state index < -0.39 is 5.97 Å². The first-order chi connectivity index (χ1) is 10.2. The molecular weight excluding hydrogens is 268 g/mol. The molecule has 1 N–H and O–H groups in total. The zero-order valence-corrected chi connectivity index (χ0v) is 12.0. The number of hydrogen-bond donors (Lipinski definition) is 1. The van der Waals surface area contributed by atoms with Crippen LogP contribution in [-0.4, -0.2) is 27.4 Å². The molecule has 1 heterocycles. The molecule has 0 saturated heterocycles. The average molecular weight is 286 g/mol. The lowest BCUT2D eigenvalue weighted by Crippen LogP contribution is -2.29. The zero-order chi connectivity index (χ0) is 14.8. The lowest BCUT2D eigenvalue weighted by atomic mass is 9.88. The van der Waals surface area contributed by atoms with Gasteiger partial charge in [-0.2, -0.15) is 0 Å². The molecule has 1 saturated carbocycles. The van der Waals surface area contributed by atoms with Crippen LogP contribution in [0.2, 0.25) is 0 Å². The van der Waals surface area contributed by atoms with Crippen LogP contribution in [0, 0.1) is 5.92 Å². The van der Waals surface area contributed by atoms with Gasteiger partial charge in [0.05, 0.1) is 5.52 Å². The molecule has 0 amide bonds. The summed E-state index contributed by atoms with van der Waals surface area (Å²) in [5, 5.41) is 17.8. The molecule has 2 aromatic rings. The van der Waals surface area contributed by atoms with Gasteiger partial charge in [0.2, 0.25) is 5.69 Å². The minimum Gasteiger partial charge on any atom is -0.487 e. The lowest BCUT2D eigenvalue weighted by molar-refractivity contribution is 0.0665. The third-order valence-electron chi connectivity index (χ3n) is 4.13. The summed E-state index contributed by atoms with van der Waals surface area (Å²) < 4.78 is 6.09. The van der Waals surface area contributed by atoms with Crippen LogP contribution in [0.3, 0.4) is 0 Å².